The minimum absolute atomic E-state index is 0.0206. The van der Waals surface area contributed by atoms with Crippen molar-refractivity contribution in [2.75, 3.05) is 10.6 Å². The van der Waals surface area contributed by atoms with E-state index in [1.54, 1.807) is 0 Å². The molecule has 0 fully saturated rings. The number of carbonyl (C=O) groups is 1. The van der Waals surface area contributed by atoms with Crippen LogP contribution in [0.4, 0.5) is 24.8 Å². The maximum absolute atomic E-state index is 13.0. The predicted octanol–water partition coefficient (Wildman–Crippen LogP) is 3.96. The molecule has 1 unspecified atom stereocenters. The molecule has 0 aliphatic carbocycles. The molecule has 1 heterocycles. The van der Waals surface area contributed by atoms with Gasteiger partial charge in [0.2, 0.25) is 5.95 Å². The van der Waals surface area contributed by atoms with Crippen LogP contribution in [0.5, 0.6) is 0 Å². The Kier molecular flexibility index (Phi) is 5.38. The molecule has 8 heteroatoms. The van der Waals surface area contributed by atoms with Crippen molar-refractivity contribution in [3.8, 4) is 0 Å². The summed E-state index contributed by atoms with van der Waals surface area (Å²) in [4.78, 5) is 20.2. The molecule has 5 nitrogen and oxygen atoms in total. The maximum Gasteiger partial charge on any atom is 0.418 e. The molecule has 1 aromatic heterocycles. The van der Waals surface area contributed by atoms with Crippen LogP contribution >= 0.6 is 0 Å². The Balaban J connectivity index is 2.21. The highest BCUT2D eigenvalue weighted by molar-refractivity contribution is 6.03. The van der Waals surface area contributed by atoms with E-state index in [2.05, 4.69) is 20.6 Å². The molecule has 2 aromatic rings. The quantitative estimate of drug-likeness (QED) is 0.866. The normalized spacial score (nSPS) is 12.5. The minimum Gasteiger partial charge on any atom is -0.352 e. The van der Waals surface area contributed by atoms with E-state index < -0.39 is 17.6 Å². The molecule has 2 rings (SSSR count). The molecule has 0 aliphatic heterocycles. The number of para-hydroxylation sites is 1. The molecule has 0 spiro atoms. The van der Waals surface area contributed by atoms with E-state index in [0.29, 0.717) is 0 Å². The third-order valence-corrected chi connectivity index (χ3v) is 3.36. The Bertz CT molecular complexity index is 718. The van der Waals surface area contributed by atoms with Crippen LogP contribution < -0.4 is 10.6 Å². The van der Waals surface area contributed by atoms with Gasteiger partial charge in [-0.25, -0.2) is 9.97 Å². The summed E-state index contributed by atoms with van der Waals surface area (Å²) in [5.41, 5.74) is -1.25. The van der Waals surface area contributed by atoms with Crippen molar-refractivity contribution in [2.45, 2.75) is 32.5 Å². The standard InChI is InChI=1S/C16H17F3N4O/c1-3-10(2)21-15-20-9-8-13(23-15)14(24)22-12-7-5-4-6-11(12)16(17,18)19/h4-10H,3H2,1-2H3,(H,22,24)(H,20,21,23). The molecule has 1 amide bonds. The number of nitrogens with one attached hydrogen (secondary N) is 2. The van der Waals surface area contributed by atoms with Gasteiger partial charge in [-0.3, -0.25) is 4.79 Å². The second kappa shape index (κ2) is 7.29. The molecule has 128 valence electrons. The lowest BCUT2D eigenvalue weighted by Crippen LogP contribution is -2.20. The molecule has 24 heavy (non-hydrogen) atoms. The van der Waals surface area contributed by atoms with Gasteiger partial charge in [-0.15, -0.1) is 0 Å². The molecular weight excluding hydrogens is 321 g/mol. The lowest BCUT2D eigenvalue weighted by atomic mass is 10.1. The number of halogens is 3. The van der Waals surface area contributed by atoms with Gasteiger partial charge in [0, 0.05) is 12.2 Å². The van der Waals surface area contributed by atoms with Gasteiger partial charge in [-0.1, -0.05) is 19.1 Å². The third kappa shape index (κ3) is 4.43. The van der Waals surface area contributed by atoms with Crippen LogP contribution in [0.1, 0.15) is 36.3 Å². The van der Waals surface area contributed by atoms with E-state index in [4.69, 9.17) is 0 Å². The van der Waals surface area contributed by atoms with Crippen LogP contribution in [0.25, 0.3) is 0 Å². The topological polar surface area (TPSA) is 66.9 Å². The summed E-state index contributed by atoms with van der Waals surface area (Å²) < 4.78 is 38.9. The maximum atomic E-state index is 13.0. The SMILES string of the molecule is CCC(C)Nc1nccc(C(=O)Nc2ccccc2C(F)(F)F)n1. The first-order valence-corrected chi connectivity index (χ1v) is 7.38. The second-order valence-corrected chi connectivity index (χ2v) is 5.22. The number of alkyl halides is 3. The van der Waals surface area contributed by atoms with Crippen molar-refractivity contribution < 1.29 is 18.0 Å². The van der Waals surface area contributed by atoms with Gasteiger partial charge >= 0.3 is 6.18 Å². The fraction of sp³-hybridized carbons (Fsp3) is 0.312. The summed E-state index contributed by atoms with van der Waals surface area (Å²) in [5.74, 6) is -0.484. The molecule has 0 saturated heterocycles. The number of anilines is 2. The van der Waals surface area contributed by atoms with E-state index in [1.165, 1.54) is 30.5 Å². The van der Waals surface area contributed by atoms with Crippen LogP contribution in [-0.2, 0) is 6.18 Å². The van der Waals surface area contributed by atoms with Crippen molar-refractivity contribution in [1.29, 1.82) is 0 Å². The highest BCUT2D eigenvalue weighted by Gasteiger charge is 2.33. The summed E-state index contributed by atoms with van der Waals surface area (Å²) in [5, 5.41) is 5.25. The van der Waals surface area contributed by atoms with Gasteiger partial charge in [0.05, 0.1) is 11.3 Å². The molecule has 2 N–H and O–H groups in total. The molecule has 0 aliphatic rings. The van der Waals surface area contributed by atoms with Crippen LogP contribution in [0.3, 0.4) is 0 Å². The monoisotopic (exact) mass is 338 g/mol. The van der Waals surface area contributed by atoms with E-state index in [9.17, 15) is 18.0 Å². The van der Waals surface area contributed by atoms with Crippen molar-refractivity contribution >= 4 is 17.5 Å². The number of carbonyl (C=O) groups excluding carboxylic acids is 1. The smallest absolute Gasteiger partial charge is 0.352 e. The first-order chi connectivity index (χ1) is 11.3. The number of nitrogens with zero attached hydrogens (tertiary/aromatic N) is 2. The number of rotatable bonds is 5. The third-order valence-electron chi connectivity index (χ3n) is 3.36. The fourth-order valence-electron chi connectivity index (χ4n) is 1.90. The van der Waals surface area contributed by atoms with Gasteiger partial charge < -0.3 is 10.6 Å². The molecule has 1 atom stereocenters. The zero-order valence-electron chi connectivity index (χ0n) is 13.2. The second-order valence-electron chi connectivity index (χ2n) is 5.22. The van der Waals surface area contributed by atoms with Gasteiger partial charge in [0.15, 0.2) is 0 Å². The van der Waals surface area contributed by atoms with Crippen molar-refractivity contribution in [3.63, 3.8) is 0 Å². The summed E-state index contributed by atoms with van der Waals surface area (Å²) in [6.45, 7) is 3.90. The van der Waals surface area contributed by atoms with Crippen molar-refractivity contribution in [2.24, 2.45) is 0 Å². The van der Waals surface area contributed by atoms with E-state index >= 15 is 0 Å². The Morgan fingerprint density at radius 1 is 1.25 bits per heavy atom. The van der Waals surface area contributed by atoms with Gasteiger partial charge in [0.25, 0.3) is 5.91 Å². The van der Waals surface area contributed by atoms with Crippen LogP contribution in [0.15, 0.2) is 36.5 Å². The predicted molar refractivity (Wildman–Crippen MR) is 84.8 cm³/mol. The summed E-state index contributed by atoms with van der Waals surface area (Å²) in [6, 6.07) is 6.23. The molecule has 0 bridgehead atoms. The Hall–Kier alpha value is -2.64. The number of hydrogen-bond donors (Lipinski definition) is 2. The van der Waals surface area contributed by atoms with Crippen LogP contribution in [0, 0.1) is 0 Å². The van der Waals surface area contributed by atoms with E-state index in [0.717, 1.165) is 12.5 Å². The van der Waals surface area contributed by atoms with E-state index in [1.807, 2.05) is 13.8 Å². The highest BCUT2D eigenvalue weighted by Crippen LogP contribution is 2.34. The molecule has 1 aromatic carbocycles. The summed E-state index contributed by atoms with van der Waals surface area (Å²) in [6.07, 6.45) is -2.35. The number of aromatic nitrogens is 2. The van der Waals surface area contributed by atoms with Crippen LogP contribution in [-0.4, -0.2) is 21.9 Å². The summed E-state index contributed by atoms with van der Waals surface area (Å²) >= 11 is 0. The first kappa shape index (κ1) is 17.7. The van der Waals surface area contributed by atoms with Gasteiger partial charge in [-0.05, 0) is 31.5 Å². The largest absolute Gasteiger partial charge is 0.418 e. The number of benzene rings is 1. The molecule has 0 saturated carbocycles. The Morgan fingerprint density at radius 2 is 1.96 bits per heavy atom. The van der Waals surface area contributed by atoms with Crippen LogP contribution in [0.2, 0.25) is 0 Å². The summed E-state index contributed by atoms with van der Waals surface area (Å²) in [7, 11) is 0. The first-order valence-electron chi connectivity index (χ1n) is 7.38. The van der Waals surface area contributed by atoms with Gasteiger partial charge in [-0.2, -0.15) is 13.2 Å². The fourth-order valence-corrected chi connectivity index (χ4v) is 1.90. The number of amides is 1. The number of hydrogen-bond acceptors (Lipinski definition) is 4. The Labute approximate surface area is 137 Å². The Morgan fingerprint density at radius 3 is 2.62 bits per heavy atom. The molecular formula is C16H17F3N4O. The average Bonchev–Trinajstić information content (AvgIpc) is 2.54. The zero-order chi connectivity index (χ0) is 17.7. The van der Waals surface area contributed by atoms with Gasteiger partial charge in [0.1, 0.15) is 5.69 Å². The lowest BCUT2D eigenvalue weighted by molar-refractivity contribution is -0.136. The average molecular weight is 338 g/mol. The highest BCUT2D eigenvalue weighted by atomic mass is 19.4. The zero-order valence-corrected chi connectivity index (χ0v) is 13.2. The van der Waals surface area contributed by atoms with E-state index in [-0.39, 0.29) is 23.4 Å². The van der Waals surface area contributed by atoms with Crippen molar-refractivity contribution in [3.05, 3.63) is 47.8 Å². The van der Waals surface area contributed by atoms with Crippen molar-refractivity contribution in [1.82, 2.24) is 9.97 Å². The lowest BCUT2D eigenvalue weighted by Gasteiger charge is -2.14. The molecule has 0 radical (unpaired) electrons. The minimum atomic E-state index is -4.56.